The Kier molecular flexibility index (Phi) is 5.28. The molecule has 3 aromatic heterocycles. The highest BCUT2D eigenvalue weighted by Gasteiger charge is 2.24. The maximum Gasteiger partial charge on any atom is 0.251 e. The Labute approximate surface area is 183 Å². The molecule has 0 N–H and O–H groups in total. The number of hydrogen-bond donors (Lipinski definition) is 0. The average molecular weight is 440 g/mol. The Balaban J connectivity index is 1.44. The van der Waals surface area contributed by atoms with Crippen LogP contribution in [0.25, 0.3) is 27.8 Å². The fourth-order valence-corrected chi connectivity index (χ4v) is 4.46. The number of alkyl halides is 2. The van der Waals surface area contributed by atoms with Crippen LogP contribution in [0.3, 0.4) is 0 Å². The molecule has 0 aliphatic carbocycles. The number of aromatic nitrogens is 5. The number of imidazole rings is 1. The number of nitrogens with zero attached hydrogens (tertiary/aromatic N) is 6. The topological polar surface area (TPSA) is 59.2 Å². The predicted octanol–water partition coefficient (Wildman–Crippen LogP) is 4.54. The SMILES string of the molecule is Cc1cn2nc(-c3cc(F)c4cc(C5CCN(CC(F)F)CC5)nnc4c3)cc(C)c2n1. The number of benzene rings is 1. The second kappa shape index (κ2) is 8.12. The predicted molar refractivity (Wildman–Crippen MR) is 115 cm³/mol. The van der Waals surface area contributed by atoms with Crippen LogP contribution in [-0.2, 0) is 0 Å². The summed E-state index contributed by atoms with van der Waals surface area (Å²) < 4.78 is 42.0. The first-order valence-corrected chi connectivity index (χ1v) is 10.7. The van der Waals surface area contributed by atoms with E-state index in [2.05, 4.69) is 20.3 Å². The van der Waals surface area contributed by atoms with Crippen molar-refractivity contribution in [2.24, 2.45) is 0 Å². The van der Waals surface area contributed by atoms with Crippen LogP contribution in [0, 0.1) is 19.7 Å². The van der Waals surface area contributed by atoms with Gasteiger partial charge in [-0.25, -0.2) is 22.7 Å². The van der Waals surface area contributed by atoms with Gasteiger partial charge in [-0.2, -0.15) is 15.3 Å². The van der Waals surface area contributed by atoms with Crippen molar-refractivity contribution < 1.29 is 13.2 Å². The zero-order valence-corrected chi connectivity index (χ0v) is 17.9. The lowest BCUT2D eigenvalue weighted by molar-refractivity contribution is 0.0751. The third kappa shape index (κ3) is 3.92. The van der Waals surface area contributed by atoms with Crippen LogP contribution in [0.5, 0.6) is 0 Å². The summed E-state index contributed by atoms with van der Waals surface area (Å²) in [7, 11) is 0. The van der Waals surface area contributed by atoms with Crippen molar-refractivity contribution in [3.05, 3.63) is 53.2 Å². The molecule has 0 spiro atoms. The molecule has 4 aromatic rings. The summed E-state index contributed by atoms with van der Waals surface area (Å²) in [5, 5.41) is 13.6. The van der Waals surface area contributed by atoms with E-state index in [4.69, 9.17) is 0 Å². The zero-order valence-electron chi connectivity index (χ0n) is 17.9. The minimum Gasteiger partial charge on any atom is -0.298 e. The van der Waals surface area contributed by atoms with E-state index in [0.29, 0.717) is 53.8 Å². The maximum absolute atomic E-state index is 15.1. The molecular weight excluding hydrogens is 417 g/mol. The molecule has 1 saturated heterocycles. The first-order valence-electron chi connectivity index (χ1n) is 10.7. The maximum atomic E-state index is 15.1. The lowest BCUT2D eigenvalue weighted by Gasteiger charge is -2.31. The quantitative estimate of drug-likeness (QED) is 0.466. The Morgan fingerprint density at radius 2 is 1.84 bits per heavy atom. The molecule has 0 saturated carbocycles. The molecule has 4 heterocycles. The van der Waals surface area contributed by atoms with E-state index in [1.165, 1.54) is 6.07 Å². The largest absolute Gasteiger partial charge is 0.298 e. The Bertz CT molecular complexity index is 1290. The number of likely N-dealkylation sites (tertiary alicyclic amines) is 1. The summed E-state index contributed by atoms with van der Waals surface area (Å²) >= 11 is 0. The third-order valence-electron chi connectivity index (χ3n) is 6.10. The highest BCUT2D eigenvalue weighted by molar-refractivity contribution is 5.84. The summed E-state index contributed by atoms with van der Waals surface area (Å²) in [5.41, 5.74) is 5.00. The molecule has 5 rings (SSSR count). The fraction of sp³-hybridized carbons (Fsp3) is 0.391. The Morgan fingerprint density at radius 1 is 1.06 bits per heavy atom. The van der Waals surface area contributed by atoms with Crippen molar-refractivity contribution in [2.45, 2.75) is 39.0 Å². The second-order valence-corrected chi connectivity index (χ2v) is 8.49. The minimum absolute atomic E-state index is 0.0936. The van der Waals surface area contributed by atoms with Gasteiger partial charge in [0.05, 0.1) is 35.3 Å². The summed E-state index contributed by atoms with van der Waals surface area (Å²) in [6.07, 6.45) is 0.925. The molecule has 0 amide bonds. The molecule has 166 valence electrons. The van der Waals surface area contributed by atoms with Crippen molar-refractivity contribution in [3.8, 4) is 11.3 Å². The number of aryl methyl sites for hydroxylation is 2. The summed E-state index contributed by atoms with van der Waals surface area (Å²) in [6.45, 7) is 4.81. The van der Waals surface area contributed by atoms with Crippen molar-refractivity contribution in [3.63, 3.8) is 0 Å². The van der Waals surface area contributed by atoms with Gasteiger partial charge in [-0.05, 0) is 69.6 Å². The molecule has 0 unspecified atom stereocenters. The van der Waals surface area contributed by atoms with Gasteiger partial charge in [0, 0.05) is 16.9 Å². The Hall–Kier alpha value is -3.07. The van der Waals surface area contributed by atoms with Crippen LogP contribution >= 0.6 is 0 Å². The number of hydrogen-bond acceptors (Lipinski definition) is 5. The van der Waals surface area contributed by atoms with Gasteiger partial charge >= 0.3 is 0 Å². The Morgan fingerprint density at radius 3 is 2.59 bits per heavy atom. The minimum atomic E-state index is -2.33. The van der Waals surface area contributed by atoms with E-state index < -0.39 is 6.43 Å². The van der Waals surface area contributed by atoms with Gasteiger partial charge < -0.3 is 0 Å². The molecule has 1 aromatic carbocycles. The highest BCUT2D eigenvalue weighted by atomic mass is 19.3. The van der Waals surface area contributed by atoms with Gasteiger partial charge in [-0.3, -0.25) is 4.90 Å². The fourth-order valence-electron chi connectivity index (χ4n) is 4.46. The van der Waals surface area contributed by atoms with E-state index in [-0.39, 0.29) is 18.3 Å². The van der Waals surface area contributed by atoms with Crippen molar-refractivity contribution in [2.75, 3.05) is 19.6 Å². The first kappa shape index (κ1) is 20.8. The lowest BCUT2D eigenvalue weighted by Crippen LogP contribution is -2.36. The molecule has 0 atom stereocenters. The monoisotopic (exact) mass is 440 g/mol. The smallest absolute Gasteiger partial charge is 0.251 e. The van der Waals surface area contributed by atoms with Crippen LogP contribution in [-0.4, -0.2) is 55.8 Å². The number of piperidine rings is 1. The lowest BCUT2D eigenvalue weighted by atomic mass is 9.92. The average Bonchev–Trinajstić information content (AvgIpc) is 3.14. The van der Waals surface area contributed by atoms with Crippen LogP contribution in [0.1, 0.15) is 35.7 Å². The third-order valence-corrected chi connectivity index (χ3v) is 6.10. The molecule has 1 aliphatic heterocycles. The summed E-state index contributed by atoms with van der Waals surface area (Å²) in [4.78, 5) is 6.21. The molecule has 9 heteroatoms. The van der Waals surface area contributed by atoms with Crippen LogP contribution < -0.4 is 0 Å². The number of rotatable bonds is 4. The molecule has 1 aliphatic rings. The van der Waals surface area contributed by atoms with Crippen LogP contribution in [0.4, 0.5) is 13.2 Å². The van der Waals surface area contributed by atoms with Crippen molar-refractivity contribution in [1.82, 2.24) is 29.7 Å². The number of fused-ring (bicyclic) bond motifs is 2. The van der Waals surface area contributed by atoms with E-state index in [1.807, 2.05) is 26.1 Å². The zero-order chi connectivity index (χ0) is 22.4. The van der Waals surface area contributed by atoms with Gasteiger partial charge in [0.2, 0.25) is 0 Å². The van der Waals surface area contributed by atoms with E-state index in [1.54, 1.807) is 21.5 Å². The van der Waals surface area contributed by atoms with Gasteiger partial charge in [0.1, 0.15) is 5.82 Å². The first-order chi connectivity index (χ1) is 15.4. The van der Waals surface area contributed by atoms with E-state index in [9.17, 15) is 8.78 Å². The number of halogens is 3. The van der Waals surface area contributed by atoms with Gasteiger partial charge in [0.25, 0.3) is 6.43 Å². The summed E-state index contributed by atoms with van der Waals surface area (Å²) in [5.74, 6) is -0.291. The molecule has 0 bridgehead atoms. The van der Waals surface area contributed by atoms with Gasteiger partial charge in [-0.15, -0.1) is 0 Å². The second-order valence-electron chi connectivity index (χ2n) is 8.49. The van der Waals surface area contributed by atoms with Crippen LogP contribution in [0.15, 0.2) is 30.5 Å². The molecule has 1 fully saturated rings. The van der Waals surface area contributed by atoms with Crippen molar-refractivity contribution in [1.29, 1.82) is 0 Å². The van der Waals surface area contributed by atoms with Crippen LogP contribution in [0.2, 0.25) is 0 Å². The van der Waals surface area contributed by atoms with Gasteiger partial charge in [0.15, 0.2) is 5.65 Å². The van der Waals surface area contributed by atoms with E-state index >= 15 is 4.39 Å². The summed E-state index contributed by atoms with van der Waals surface area (Å²) in [6, 6.07) is 6.89. The van der Waals surface area contributed by atoms with E-state index in [0.717, 1.165) is 16.9 Å². The molecule has 32 heavy (non-hydrogen) atoms. The standard InChI is InChI=1S/C23H23F3N6/c1-13-7-20(30-32-11-14(2)27-23(13)32)16-8-18(24)17-10-19(28-29-21(17)9-16)15-3-5-31(6-4-15)12-22(25)26/h7-11,15,22H,3-6,12H2,1-2H3. The van der Waals surface area contributed by atoms with Gasteiger partial charge in [-0.1, -0.05) is 0 Å². The van der Waals surface area contributed by atoms with Crippen molar-refractivity contribution >= 4 is 16.6 Å². The molecule has 0 radical (unpaired) electrons. The normalized spacial score (nSPS) is 15.9. The molecular formula is C23H23F3N6. The molecule has 6 nitrogen and oxygen atoms in total. The highest BCUT2D eigenvalue weighted by Crippen LogP contribution is 2.31.